The minimum atomic E-state index is -0.188. The SMILES string of the molecule is Cc1cc(NC(=O)c2cccc(N(C)C)c2)n(-c2cccc(Cl)c2)n1. The summed E-state index contributed by atoms with van der Waals surface area (Å²) in [5, 5.41) is 7.99. The number of amides is 1. The molecule has 0 spiro atoms. The number of halogens is 1. The molecule has 0 aliphatic heterocycles. The molecule has 25 heavy (non-hydrogen) atoms. The molecule has 128 valence electrons. The number of anilines is 2. The Kier molecular flexibility index (Phi) is 4.76. The molecule has 1 heterocycles. The number of aromatic nitrogens is 2. The van der Waals surface area contributed by atoms with Crippen molar-refractivity contribution in [2.24, 2.45) is 0 Å². The van der Waals surface area contributed by atoms with Gasteiger partial charge in [-0.05, 0) is 43.3 Å². The van der Waals surface area contributed by atoms with E-state index in [9.17, 15) is 4.79 Å². The van der Waals surface area contributed by atoms with Crippen molar-refractivity contribution in [2.45, 2.75) is 6.92 Å². The molecule has 1 N–H and O–H groups in total. The minimum absolute atomic E-state index is 0.188. The van der Waals surface area contributed by atoms with Crippen LogP contribution in [0.4, 0.5) is 11.5 Å². The first kappa shape index (κ1) is 17.0. The second kappa shape index (κ2) is 6.99. The number of carbonyl (C=O) groups excluding carboxylic acids is 1. The molecule has 6 heteroatoms. The first-order valence-electron chi connectivity index (χ1n) is 7.85. The second-order valence-electron chi connectivity index (χ2n) is 5.96. The molecule has 0 aliphatic rings. The normalized spacial score (nSPS) is 10.6. The van der Waals surface area contributed by atoms with Crippen LogP contribution < -0.4 is 10.2 Å². The number of carbonyl (C=O) groups is 1. The highest BCUT2D eigenvalue weighted by Crippen LogP contribution is 2.21. The van der Waals surface area contributed by atoms with E-state index in [1.807, 2.05) is 62.3 Å². The average molecular weight is 355 g/mol. The fourth-order valence-corrected chi connectivity index (χ4v) is 2.69. The first-order valence-corrected chi connectivity index (χ1v) is 8.23. The molecular weight excluding hydrogens is 336 g/mol. The van der Waals surface area contributed by atoms with Crippen LogP contribution in [0.25, 0.3) is 5.69 Å². The van der Waals surface area contributed by atoms with Gasteiger partial charge in [0.1, 0.15) is 5.82 Å². The van der Waals surface area contributed by atoms with E-state index in [2.05, 4.69) is 10.4 Å². The summed E-state index contributed by atoms with van der Waals surface area (Å²) >= 11 is 6.07. The quantitative estimate of drug-likeness (QED) is 0.765. The highest BCUT2D eigenvalue weighted by Gasteiger charge is 2.13. The van der Waals surface area contributed by atoms with Crippen LogP contribution in [0.1, 0.15) is 16.1 Å². The van der Waals surface area contributed by atoms with Crippen LogP contribution in [0.5, 0.6) is 0 Å². The van der Waals surface area contributed by atoms with Crippen molar-refractivity contribution in [1.29, 1.82) is 0 Å². The molecule has 1 amide bonds. The lowest BCUT2D eigenvalue weighted by Crippen LogP contribution is -2.16. The molecular formula is C19H19ClN4O. The lowest BCUT2D eigenvalue weighted by Gasteiger charge is -2.14. The molecule has 0 unspecified atom stereocenters. The highest BCUT2D eigenvalue weighted by molar-refractivity contribution is 6.30. The zero-order chi connectivity index (χ0) is 18.0. The number of rotatable bonds is 4. The van der Waals surface area contributed by atoms with Crippen molar-refractivity contribution < 1.29 is 4.79 Å². The second-order valence-corrected chi connectivity index (χ2v) is 6.40. The number of hydrogen-bond acceptors (Lipinski definition) is 3. The summed E-state index contributed by atoms with van der Waals surface area (Å²) in [7, 11) is 3.88. The van der Waals surface area contributed by atoms with Gasteiger partial charge in [-0.2, -0.15) is 5.10 Å². The van der Waals surface area contributed by atoms with Gasteiger partial charge < -0.3 is 10.2 Å². The van der Waals surface area contributed by atoms with Crippen LogP contribution in [0, 0.1) is 6.92 Å². The molecule has 0 saturated carbocycles. The zero-order valence-corrected chi connectivity index (χ0v) is 15.1. The highest BCUT2D eigenvalue weighted by atomic mass is 35.5. The lowest BCUT2D eigenvalue weighted by molar-refractivity contribution is 0.102. The molecule has 0 atom stereocenters. The number of nitrogens with one attached hydrogen (secondary N) is 1. The molecule has 0 bridgehead atoms. The van der Waals surface area contributed by atoms with Gasteiger partial charge in [-0.3, -0.25) is 4.79 Å². The molecule has 0 saturated heterocycles. The third kappa shape index (κ3) is 3.83. The standard InChI is InChI=1S/C19H19ClN4O/c1-13-10-18(24(22-13)17-9-5-7-15(20)12-17)21-19(25)14-6-4-8-16(11-14)23(2)3/h4-12H,1-3H3,(H,21,25). The maximum atomic E-state index is 12.7. The Morgan fingerprint density at radius 1 is 1.12 bits per heavy atom. The third-order valence-corrected chi connectivity index (χ3v) is 3.99. The molecule has 0 radical (unpaired) electrons. The topological polar surface area (TPSA) is 50.2 Å². The summed E-state index contributed by atoms with van der Waals surface area (Å²) in [6.45, 7) is 1.88. The monoisotopic (exact) mass is 354 g/mol. The average Bonchev–Trinajstić information content (AvgIpc) is 2.95. The van der Waals surface area contributed by atoms with Gasteiger partial charge in [-0.1, -0.05) is 23.7 Å². The van der Waals surface area contributed by atoms with E-state index >= 15 is 0 Å². The van der Waals surface area contributed by atoms with Crippen molar-refractivity contribution in [3.05, 3.63) is 70.9 Å². The van der Waals surface area contributed by atoms with Crippen LogP contribution in [0.3, 0.4) is 0 Å². The van der Waals surface area contributed by atoms with Gasteiger partial charge in [-0.15, -0.1) is 0 Å². The van der Waals surface area contributed by atoms with Crippen LogP contribution in [-0.2, 0) is 0 Å². The maximum absolute atomic E-state index is 12.7. The van der Waals surface area contributed by atoms with Crippen molar-refractivity contribution in [1.82, 2.24) is 9.78 Å². The molecule has 2 aromatic carbocycles. The Balaban J connectivity index is 1.91. The van der Waals surface area contributed by atoms with Crippen LogP contribution in [0.15, 0.2) is 54.6 Å². The summed E-state index contributed by atoms with van der Waals surface area (Å²) in [6.07, 6.45) is 0. The van der Waals surface area contributed by atoms with E-state index in [0.29, 0.717) is 16.4 Å². The zero-order valence-electron chi connectivity index (χ0n) is 14.3. The van der Waals surface area contributed by atoms with Crippen molar-refractivity contribution >= 4 is 29.0 Å². The Morgan fingerprint density at radius 3 is 2.60 bits per heavy atom. The Hall–Kier alpha value is -2.79. The maximum Gasteiger partial charge on any atom is 0.256 e. The summed E-state index contributed by atoms with van der Waals surface area (Å²) in [6, 6.07) is 16.6. The third-order valence-electron chi connectivity index (χ3n) is 3.75. The summed E-state index contributed by atoms with van der Waals surface area (Å²) in [5.74, 6) is 0.409. The fraction of sp³-hybridized carbons (Fsp3) is 0.158. The van der Waals surface area contributed by atoms with Gasteiger partial charge in [0.05, 0.1) is 11.4 Å². The van der Waals surface area contributed by atoms with E-state index in [0.717, 1.165) is 17.1 Å². The molecule has 1 aromatic heterocycles. The van der Waals surface area contributed by atoms with Gasteiger partial charge in [-0.25, -0.2) is 4.68 Å². The van der Waals surface area contributed by atoms with E-state index in [1.165, 1.54) is 0 Å². The number of aryl methyl sites for hydroxylation is 1. The van der Waals surface area contributed by atoms with Crippen LogP contribution in [0.2, 0.25) is 5.02 Å². The van der Waals surface area contributed by atoms with Gasteiger partial charge in [0.25, 0.3) is 5.91 Å². The van der Waals surface area contributed by atoms with Crippen LogP contribution >= 0.6 is 11.6 Å². The minimum Gasteiger partial charge on any atom is -0.378 e. The van der Waals surface area contributed by atoms with Gasteiger partial charge in [0.15, 0.2) is 0 Å². The largest absolute Gasteiger partial charge is 0.378 e. The number of hydrogen-bond donors (Lipinski definition) is 1. The van der Waals surface area contributed by atoms with E-state index in [-0.39, 0.29) is 5.91 Å². The lowest BCUT2D eigenvalue weighted by atomic mass is 10.2. The van der Waals surface area contributed by atoms with Gasteiger partial charge >= 0.3 is 0 Å². The first-order chi connectivity index (χ1) is 11.9. The van der Waals surface area contributed by atoms with Gasteiger partial charge in [0, 0.05) is 36.4 Å². The molecule has 3 aromatic rings. The van der Waals surface area contributed by atoms with Crippen molar-refractivity contribution in [2.75, 3.05) is 24.3 Å². The Morgan fingerprint density at radius 2 is 1.88 bits per heavy atom. The van der Waals surface area contributed by atoms with Crippen molar-refractivity contribution in [3.63, 3.8) is 0 Å². The molecule has 0 aliphatic carbocycles. The molecule has 0 fully saturated rings. The van der Waals surface area contributed by atoms with Gasteiger partial charge in [0.2, 0.25) is 0 Å². The van der Waals surface area contributed by atoms with Crippen LogP contribution in [-0.4, -0.2) is 29.8 Å². The van der Waals surface area contributed by atoms with Crippen molar-refractivity contribution in [3.8, 4) is 5.69 Å². The summed E-state index contributed by atoms with van der Waals surface area (Å²) in [5.41, 5.74) is 3.14. The molecule has 5 nitrogen and oxygen atoms in total. The predicted octanol–water partition coefficient (Wildman–Crippen LogP) is 4.15. The predicted molar refractivity (Wildman–Crippen MR) is 102 cm³/mol. The van der Waals surface area contributed by atoms with E-state index in [1.54, 1.807) is 22.9 Å². The fourth-order valence-electron chi connectivity index (χ4n) is 2.51. The Bertz CT molecular complexity index is 917. The molecule has 3 rings (SSSR count). The number of nitrogens with zero attached hydrogens (tertiary/aromatic N) is 3. The Labute approximate surface area is 151 Å². The van der Waals surface area contributed by atoms with E-state index < -0.39 is 0 Å². The van der Waals surface area contributed by atoms with E-state index in [4.69, 9.17) is 11.6 Å². The summed E-state index contributed by atoms with van der Waals surface area (Å²) < 4.78 is 1.68. The smallest absolute Gasteiger partial charge is 0.256 e. The number of benzene rings is 2. The summed E-state index contributed by atoms with van der Waals surface area (Å²) in [4.78, 5) is 14.6.